The van der Waals surface area contributed by atoms with Gasteiger partial charge in [0.1, 0.15) is 13.2 Å². The number of carbonyl (C=O) groups is 3. The molecule has 412 valence electrons. The molecule has 0 fully saturated rings. The molecule has 0 aromatic carbocycles. The predicted molar refractivity (Wildman–Crippen MR) is 304 cm³/mol. The number of quaternary nitrogens is 1. The zero-order chi connectivity index (χ0) is 52.7. The fraction of sp³-hybridized carbons (Fsp3) is 0.698. The highest BCUT2D eigenvalue weighted by molar-refractivity contribution is 5.71. The number of carbonyl (C=O) groups excluding carboxylic acids is 2. The minimum atomic E-state index is -1.52. The Kier molecular flexibility index (Phi) is 50.7. The van der Waals surface area contributed by atoms with E-state index < -0.39 is 24.3 Å². The van der Waals surface area contributed by atoms with E-state index >= 15 is 0 Å². The van der Waals surface area contributed by atoms with Gasteiger partial charge in [-0.3, -0.25) is 9.59 Å². The van der Waals surface area contributed by atoms with Gasteiger partial charge in [-0.25, -0.2) is 4.79 Å². The van der Waals surface area contributed by atoms with Gasteiger partial charge >= 0.3 is 17.9 Å². The number of esters is 2. The van der Waals surface area contributed by atoms with Crippen LogP contribution in [-0.4, -0.2) is 87.4 Å². The summed E-state index contributed by atoms with van der Waals surface area (Å²) in [4.78, 5) is 37.4. The fourth-order valence-electron chi connectivity index (χ4n) is 7.68. The number of unbranched alkanes of at least 4 members (excludes halogenated alkanes) is 21. The maximum Gasteiger partial charge on any atom is 0.361 e. The van der Waals surface area contributed by atoms with Crippen molar-refractivity contribution >= 4 is 17.9 Å². The zero-order valence-electron chi connectivity index (χ0n) is 46.8. The van der Waals surface area contributed by atoms with Crippen molar-refractivity contribution in [3.05, 3.63) is 97.2 Å². The van der Waals surface area contributed by atoms with E-state index in [-0.39, 0.29) is 32.2 Å². The first-order valence-electron chi connectivity index (χ1n) is 28.9. The number of ether oxygens (including phenoxy) is 4. The van der Waals surface area contributed by atoms with E-state index in [0.717, 1.165) is 96.3 Å². The van der Waals surface area contributed by atoms with Crippen LogP contribution in [0.2, 0.25) is 0 Å². The van der Waals surface area contributed by atoms with Crippen molar-refractivity contribution in [3.8, 4) is 0 Å². The second-order valence-electron chi connectivity index (χ2n) is 20.2. The SMILES string of the molecule is CC/C=C\C/C=C\C/C=C\C/C=C\C/C=C\C/C=C\C/C=C\C/C=C\CCCCCCCCCCC(=O)OC(COC(=O)CCCCCCCCCCCCCCCC)COC(OCC[N+](C)(C)C)C(=O)O. The van der Waals surface area contributed by atoms with Crippen molar-refractivity contribution in [2.75, 3.05) is 47.5 Å². The Hall–Kier alpha value is -3.79. The predicted octanol–water partition coefficient (Wildman–Crippen LogP) is 17.0. The maximum atomic E-state index is 12.9. The largest absolute Gasteiger partial charge is 0.477 e. The number of hydrogen-bond donors (Lipinski definition) is 1. The van der Waals surface area contributed by atoms with Crippen LogP contribution in [0.1, 0.15) is 226 Å². The summed E-state index contributed by atoms with van der Waals surface area (Å²) in [6.07, 6.45) is 69.1. The molecule has 2 unspecified atom stereocenters. The topological polar surface area (TPSA) is 108 Å². The number of likely N-dealkylation sites (N-methyl/N-ethyl adjacent to an activating group) is 1. The van der Waals surface area contributed by atoms with E-state index in [0.29, 0.717) is 23.9 Å². The first-order chi connectivity index (χ1) is 35.1. The average molecular weight is 1010 g/mol. The Morgan fingerprint density at radius 3 is 1.18 bits per heavy atom. The summed E-state index contributed by atoms with van der Waals surface area (Å²) in [5.41, 5.74) is 0. The van der Waals surface area contributed by atoms with Crippen LogP contribution >= 0.6 is 0 Å². The van der Waals surface area contributed by atoms with E-state index in [2.05, 4.69) is 111 Å². The van der Waals surface area contributed by atoms with Gasteiger partial charge in [-0.15, -0.1) is 0 Å². The molecule has 0 aromatic heterocycles. The molecule has 0 saturated heterocycles. The van der Waals surface area contributed by atoms with Crippen molar-refractivity contribution in [3.63, 3.8) is 0 Å². The molecule has 0 radical (unpaired) electrons. The van der Waals surface area contributed by atoms with Gasteiger partial charge in [0.05, 0.1) is 34.4 Å². The number of nitrogens with zero attached hydrogens (tertiary/aromatic N) is 1. The van der Waals surface area contributed by atoms with Gasteiger partial charge in [0.2, 0.25) is 0 Å². The highest BCUT2D eigenvalue weighted by Gasteiger charge is 2.25. The van der Waals surface area contributed by atoms with Crippen molar-refractivity contribution < 1.29 is 42.9 Å². The minimum absolute atomic E-state index is 0.183. The summed E-state index contributed by atoms with van der Waals surface area (Å²) in [6.45, 7) is 4.75. The summed E-state index contributed by atoms with van der Waals surface area (Å²) >= 11 is 0. The van der Waals surface area contributed by atoms with Gasteiger partial charge in [-0.05, 0) is 77.0 Å². The molecule has 0 saturated carbocycles. The summed E-state index contributed by atoms with van der Waals surface area (Å²) < 4.78 is 22.8. The van der Waals surface area contributed by atoms with Gasteiger partial charge in [0.15, 0.2) is 6.10 Å². The van der Waals surface area contributed by atoms with Gasteiger partial charge in [0.25, 0.3) is 6.29 Å². The van der Waals surface area contributed by atoms with Crippen LogP contribution in [-0.2, 0) is 33.3 Å². The Morgan fingerprint density at radius 2 is 0.792 bits per heavy atom. The molecular weight excluding hydrogens is 899 g/mol. The molecule has 9 nitrogen and oxygen atoms in total. The molecule has 0 aliphatic rings. The second-order valence-corrected chi connectivity index (χ2v) is 20.2. The third-order valence-electron chi connectivity index (χ3n) is 12.1. The normalized spacial score (nSPS) is 13.5. The summed E-state index contributed by atoms with van der Waals surface area (Å²) in [6, 6.07) is 0. The van der Waals surface area contributed by atoms with Crippen LogP contribution in [0.15, 0.2) is 97.2 Å². The van der Waals surface area contributed by atoms with E-state index in [1.807, 2.05) is 21.1 Å². The lowest BCUT2D eigenvalue weighted by Gasteiger charge is -2.25. The van der Waals surface area contributed by atoms with Crippen LogP contribution in [0.4, 0.5) is 0 Å². The van der Waals surface area contributed by atoms with Gasteiger partial charge < -0.3 is 28.5 Å². The Balaban J connectivity index is 4.23. The molecule has 0 bridgehead atoms. The third-order valence-corrected chi connectivity index (χ3v) is 12.1. The van der Waals surface area contributed by atoms with Gasteiger partial charge in [-0.2, -0.15) is 0 Å². The van der Waals surface area contributed by atoms with Crippen LogP contribution in [0.3, 0.4) is 0 Å². The molecule has 9 heteroatoms. The molecule has 0 rings (SSSR count). The Bertz CT molecular complexity index is 1500. The van der Waals surface area contributed by atoms with E-state index in [1.165, 1.54) is 96.3 Å². The molecule has 0 amide bonds. The molecule has 0 aliphatic carbocycles. The fourth-order valence-corrected chi connectivity index (χ4v) is 7.68. The maximum absolute atomic E-state index is 12.9. The summed E-state index contributed by atoms with van der Waals surface area (Å²) in [5, 5.41) is 9.69. The summed E-state index contributed by atoms with van der Waals surface area (Å²) in [7, 11) is 5.96. The highest BCUT2D eigenvalue weighted by atomic mass is 16.7. The summed E-state index contributed by atoms with van der Waals surface area (Å²) in [5.74, 6) is -2.02. The quantitative estimate of drug-likeness (QED) is 0.0211. The second kappa shape index (κ2) is 53.5. The van der Waals surface area contributed by atoms with Crippen LogP contribution in [0, 0.1) is 0 Å². The molecule has 0 aliphatic heterocycles. The van der Waals surface area contributed by atoms with E-state index in [4.69, 9.17) is 18.9 Å². The monoisotopic (exact) mass is 1010 g/mol. The molecule has 1 N–H and O–H groups in total. The third kappa shape index (κ3) is 54.0. The number of rotatable bonds is 52. The smallest absolute Gasteiger partial charge is 0.361 e. The number of hydrogen-bond acceptors (Lipinski definition) is 7. The molecular formula is C63H108NO8+. The van der Waals surface area contributed by atoms with Crippen molar-refractivity contribution in [2.24, 2.45) is 0 Å². The zero-order valence-corrected chi connectivity index (χ0v) is 46.8. The first-order valence-corrected chi connectivity index (χ1v) is 28.9. The van der Waals surface area contributed by atoms with Crippen LogP contribution in [0.5, 0.6) is 0 Å². The molecule has 0 spiro atoms. The lowest BCUT2D eigenvalue weighted by atomic mass is 10.0. The van der Waals surface area contributed by atoms with Gasteiger partial charge in [0, 0.05) is 12.8 Å². The standard InChI is InChI=1S/C63H107NO8/c1-6-8-10-12-14-16-18-20-22-23-24-25-26-27-28-29-30-31-32-33-34-35-36-37-38-39-40-42-44-46-48-50-52-54-61(66)72-59(58-71-63(62(67)68)69-56-55-64(3,4)5)57-70-60(65)53-51-49-47-45-43-41-21-19-17-15-13-11-9-7-2/h8,10,14,16,20,22,24-25,27-28,30-31,33-34,36-37,59,63H,6-7,9,11-13,15,17-19,21,23,26,29,32,35,38-58H2,1-5H3/p+1/b10-8-,16-14-,22-20-,25-24-,28-27-,31-30-,34-33-,37-36-. The molecule has 0 heterocycles. The van der Waals surface area contributed by atoms with Gasteiger partial charge in [-0.1, -0.05) is 233 Å². The van der Waals surface area contributed by atoms with E-state index in [1.54, 1.807) is 0 Å². The average Bonchev–Trinajstić information content (AvgIpc) is 3.35. The highest BCUT2D eigenvalue weighted by Crippen LogP contribution is 2.15. The first kappa shape index (κ1) is 68.2. The molecule has 72 heavy (non-hydrogen) atoms. The molecule has 0 aromatic rings. The van der Waals surface area contributed by atoms with Crippen LogP contribution < -0.4 is 0 Å². The lowest BCUT2D eigenvalue weighted by Crippen LogP contribution is -2.40. The van der Waals surface area contributed by atoms with Crippen molar-refractivity contribution in [1.29, 1.82) is 0 Å². The number of carboxylic acid groups (broad SMARTS) is 1. The number of carboxylic acids is 1. The number of allylic oxidation sites excluding steroid dienone is 16. The Labute approximate surface area is 442 Å². The van der Waals surface area contributed by atoms with Crippen LogP contribution in [0.25, 0.3) is 0 Å². The Morgan fingerprint density at radius 1 is 0.431 bits per heavy atom. The molecule has 2 atom stereocenters. The number of aliphatic carboxylic acids is 1. The van der Waals surface area contributed by atoms with Crippen molar-refractivity contribution in [1.82, 2.24) is 0 Å². The lowest BCUT2D eigenvalue weighted by molar-refractivity contribution is -0.870. The van der Waals surface area contributed by atoms with Crippen molar-refractivity contribution in [2.45, 2.75) is 238 Å². The minimum Gasteiger partial charge on any atom is -0.477 e. The van der Waals surface area contributed by atoms with E-state index in [9.17, 15) is 19.5 Å².